The second kappa shape index (κ2) is 7.54. The predicted molar refractivity (Wildman–Crippen MR) is 77.0 cm³/mol. The summed E-state index contributed by atoms with van der Waals surface area (Å²) in [6, 6.07) is 0. The van der Waals surface area contributed by atoms with E-state index >= 15 is 0 Å². The molecule has 0 heterocycles. The molecule has 0 bridgehead atoms. The number of carbonyl (C=O) groups excluding carboxylic acids is 2. The quantitative estimate of drug-likeness (QED) is 0.519. The standard InChI is InChI=1S/C15H26O6/c1-10(2)20-14(3,4)9-15(5,6)21-13(19)11(16)7-8-12(17)18/h10H,7-9H2,1-6H3,(H,17,18). The summed E-state index contributed by atoms with van der Waals surface area (Å²) in [5, 5.41) is 8.49. The summed E-state index contributed by atoms with van der Waals surface area (Å²) in [7, 11) is 0. The van der Waals surface area contributed by atoms with Gasteiger partial charge in [-0.3, -0.25) is 9.59 Å². The largest absolute Gasteiger partial charge is 0.481 e. The van der Waals surface area contributed by atoms with Crippen molar-refractivity contribution < 1.29 is 29.0 Å². The Bertz CT molecular complexity index is 395. The van der Waals surface area contributed by atoms with Crippen LogP contribution in [-0.4, -0.2) is 40.1 Å². The highest BCUT2D eigenvalue weighted by atomic mass is 16.6. The van der Waals surface area contributed by atoms with Gasteiger partial charge in [0, 0.05) is 12.8 Å². The minimum Gasteiger partial charge on any atom is -0.481 e. The van der Waals surface area contributed by atoms with Crippen LogP contribution in [0, 0.1) is 0 Å². The van der Waals surface area contributed by atoms with Gasteiger partial charge in [-0.1, -0.05) is 0 Å². The van der Waals surface area contributed by atoms with Crippen LogP contribution in [0.3, 0.4) is 0 Å². The number of hydrogen-bond donors (Lipinski definition) is 1. The summed E-state index contributed by atoms with van der Waals surface area (Å²) in [6.07, 6.45) is -0.286. The molecule has 0 radical (unpaired) electrons. The fourth-order valence-corrected chi connectivity index (χ4v) is 2.37. The smallest absolute Gasteiger partial charge is 0.375 e. The van der Waals surface area contributed by atoms with E-state index in [-0.39, 0.29) is 18.9 Å². The van der Waals surface area contributed by atoms with Gasteiger partial charge in [-0.25, -0.2) is 4.79 Å². The zero-order valence-electron chi connectivity index (χ0n) is 13.7. The number of carboxylic acids is 1. The summed E-state index contributed by atoms with van der Waals surface area (Å²) >= 11 is 0. The van der Waals surface area contributed by atoms with Crippen LogP contribution in [0.4, 0.5) is 0 Å². The van der Waals surface area contributed by atoms with Crippen molar-refractivity contribution in [2.75, 3.05) is 0 Å². The van der Waals surface area contributed by atoms with Crippen molar-refractivity contribution in [3.05, 3.63) is 0 Å². The lowest BCUT2D eigenvalue weighted by atomic mass is 9.92. The first-order chi connectivity index (χ1) is 9.34. The Morgan fingerprint density at radius 2 is 1.52 bits per heavy atom. The van der Waals surface area contributed by atoms with Crippen molar-refractivity contribution >= 4 is 17.7 Å². The molecular formula is C15H26O6. The average Bonchev–Trinajstić information content (AvgIpc) is 2.20. The number of carboxylic acid groups (broad SMARTS) is 1. The Morgan fingerprint density at radius 1 is 1.00 bits per heavy atom. The maximum absolute atomic E-state index is 11.7. The van der Waals surface area contributed by atoms with E-state index in [0.717, 1.165) is 0 Å². The first-order valence-electron chi connectivity index (χ1n) is 7.00. The summed E-state index contributed by atoms with van der Waals surface area (Å²) in [4.78, 5) is 33.6. The van der Waals surface area contributed by atoms with Gasteiger partial charge in [0.1, 0.15) is 5.60 Å². The summed E-state index contributed by atoms with van der Waals surface area (Å²) < 4.78 is 10.9. The number of hydrogen-bond acceptors (Lipinski definition) is 5. The molecule has 0 amide bonds. The molecule has 0 fully saturated rings. The highest BCUT2D eigenvalue weighted by molar-refractivity contribution is 6.33. The lowest BCUT2D eigenvalue weighted by Gasteiger charge is -2.35. The van der Waals surface area contributed by atoms with Crippen LogP contribution in [0.5, 0.6) is 0 Å². The van der Waals surface area contributed by atoms with Gasteiger partial charge in [0.15, 0.2) is 0 Å². The Balaban J connectivity index is 4.55. The molecule has 0 aromatic carbocycles. The van der Waals surface area contributed by atoms with Gasteiger partial charge in [-0.2, -0.15) is 0 Å². The van der Waals surface area contributed by atoms with Gasteiger partial charge in [0.2, 0.25) is 5.78 Å². The van der Waals surface area contributed by atoms with Crippen LogP contribution < -0.4 is 0 Å². The Labute approximate surface area is 125 Å². The maximum atomic E-state index is 11.7. The molecule has 0 saturated carbocycles. The normalized spacial score (nSPS) is 12.3. The number of carbonyl (C=O) groups is 3. The van der Waals surface area contributed by atoms with Crippen LogP contribution in [0.25, 0.3) is 0 Å². The first-order valence-corrected chi connectivity index (χ1v) is 7.00. The van der Waals surface area contributed by atoms with Crippen molar-refractivity contribution in [2.45, 2.75) is 78.1 Å². The lowest BCUT2D eigenvalue weighted by molar-refractivity contribution is -0.170. The number of ketones is 1. The van der Waals surface area contributed by atoms with Crippen molar-refractivity contribution in [1.82, 2.24) is 0 Å². The maximum Gasteiger partial charge on any atom is 0.375 e. The number of Topliss-reactive ketones (excluding diaryl/α,β-unsaturated/α-hetero) is 1. The molecule has 0 aliphatic heterocycles. The van der Waals surface area contributed by atoms with Crippen LogP contribution in [0.2, 0.25) is 0 Å². The first kappa shape index (κ1) is 19.6. The average molecular weight is 302 g/mol. The highest BCUT2D eigenvalue weighted by Gasteiger charge is 2.34. The number of aliphatic carboxylic acids is 1. The number of ether oxygens (including phenoxy) is 2. The van der Waals surface area contributed by atoms with Crippen molar-refractivity contribution in [3.63, 3.8) is 0 Å². The molecular weight excluding hydrogens is 276 g/mol. The Morgan fingerprint density at radius 3 is 1.95 bits per heavy atom. The van der Waals surface area contributed by atoms with Crippen molar-refractivity contribution in [3.8, 4) is 0 Å². The van der Waals surface area contributed by atoms with Gasteiger partial charge in [-0.15, -0.1) is 0 Å². The number of rotatable bonds is 9. The minimum atomic E-state index is -1.12. The summed E-state index contributed by atoms with van der Waals surface area (Å²) in [5.74, 6) is -2.95. The zero-order chi connectivity index (χ0) is 16.8. The molecule has 1 N–H and O–H groups in total. The molecule has 0 rings (SSSR count). The van der Waals surface area contributed by atoms with E-state index in [1.807, 2.05) is 27.7 Å². The molecule has 21 heavy (non-hydrogen) atoms. The molecule has 0 aromatic rings. The Kier molecular flexibility index (Phi) is 7.03. The van der Waals surface area contributed by atoms with Crippen LogP contribution in [0.15, 0.2) is 0 Å². The predicted octanol–water partition coefficient (Wildman–Crippen LogP) is 2.34. The zero-order valence-corrected chi connectivity index (χ0v) is 13.7. The highest BCUT2D eigenvalue weighted by Crippen LogP contribution is 2.27. The molecule has 0 aliphatic rings. The van der Waals surface area contributed by atoms with E-state index in [9.17, 15) is 14.4 Å². The third kappa shape index (κ3) is 9.18. The molecule has 0 saturated heterocycles. The second-order valence-corrected chi connectivity index (χ2v) is 6.57. The molecule has 0 aliphatic carbocycles. The van der Waals surface area contributed by atoms with E-state index in [0.29, 0.717) is 6.42 Å². The topological polar surface area (TPSA) is 89.9 Å². The SMILES string of the molecule is CC(C)OC(C)(C)CC(C)(C)OC(=O)C(=O)CCC(=O)O. The fraction of sp³-hybridized carbons (Fsp3) is 0.800. The van der Waals surface area contributed by atoms with E-state index in [4.69, 9.17) is 14.6 Å². The summed E-state index contributed by atoms with van der Waals surface area (Å²) in [6.45, 7) is 11.0. The minimum absolute atomic E-state index is 0.0312. The van der Waals surface area contributed by atoms with Crippen LogP contribution in [-0.2, 0) is 23.9 Å². The molecule has 6 heteroatoms. The number of esters is 1. The third-order valence-electron chi connectivity index (χ3n) is 2.57. The third-order valence-corrected chi connectivity index (χ3v) is 2.57. The van der Waals surface area contributed by atoms with Gasteiger partial charge in [0.05, 0.1) is 18.1 Å². The van der Waals surface area contributed by atoms with E-state index in [1.54, 1.807) is 13.8 Å². The van der Waals surface area contributed by atoms with Gasteiger partial charge in [0.25, 0.3) is 0 Å². The fourth-order valence-electron chi connectivity index (χ4n) is 2.37. The molecule has 6 nitrogen and oxygen atoms in total. The summed E-state index contributed by atoms with van der Waals surface area (Å²) in [5.41, 5.74) is -1.39. The van der Waals surface area contributed by atoms with Gasteiger partial charge in [-0.05, 0) is 41.5 Å². The molecule has 0 aromatic heterocycles. The van der Waals surface area contributed by atoms with E-state index in [1.165, 1.54) is 0 Å². The second-order valence-electron chi connectivity index (χ2n) is 6.57. The van der Waals surface area contributed by atoms with Gasteiger partial charge >= 0.3 is 11.9 Å². The van der Waals surface area contributed by atoms with Gasteiger partial charge < -0.3 is 14.6 Å². The molecule has 0 spiro atoms. The van der Waals surface area contributed by atoms with Crippen LogP contribution >= 0.6 is 0 Å². The van der Waals surface area contributed by atoms with Crippen molar-refractivity contribution in [2.24, 2.45) is 0 Å². The van der Waals surface area contributed by atoms with Crippen molar-refractivity contribution in [1.29, 1.82) is 0 Å². The van der Waals surface area contributed by atoms with Crippen LogP contribution in [0.1, 0.15) is 60.8 Å². The molecule has 122 valence electrons. The molecule has 0 unspecified atom stereocenters. The molecule has 0 atom stereocenters. The Hall–Kier alpha value is -1.43. The monoisotopic (exact) mass is 302 g/mol. The lowest BCUT2D eigenvalue weighted by Crippen LogP contribution is -2.41. The van der Waals surface area contributed by atoms with E-state index in [2.05, 4.69) is 0 Å². The van der Waals surface area contributed by atoms with E-state index < -0.39 is 28.9 Å².